The van der Waals surface area contributed by atoms with Crippen molar-refractivity contribution in [2.75, 3.05) is 0 Å². The van der Waals surface area contributed by atoms with Crippen molar-refractivity contribution < 1.29 is 0 Å². The molecule has 1 aromatic carbocycles. The topological polar surface area (TPSA) is 26.0 Å². The summed E-state index contributed by atoms with van der Waals surface area (Å²) in [7, 11) is 0. The molecule has 14 heavy (non-hydrogen) atoms. The standard InChI is InChI=1S/C12H17NS/c1-9-4-6-12(7-5-9)10(2)8-14-11(3)13/h4-8,11H,13H2,1-3H3/b10-8+. The van der Waals surface area contributed by atoms with Gasteiger partial charge in [0.25, 0.3) is 0 Å². The predicted molar refractivity (Wildman–Crippen MR) is 66.1 cm³/mol. The molecule has 2 N–H and O–H groups in total. The van der Waals surface area contributed by atoms with Gasteiger partial charge in [-0.25, -0.2) is 0 Å². The van der Waals surface area contributed by atoms with Crippen molar-refractivity contribution in [1.29, 1.82) is 0 Å². The first-order valence-electron chi connectivity index (χ1n) is 4.74. The highest BCUT2D eigenvalue weighted by Crippen LogP contribution is 2.19. The zero-order valence-corrected chi connectivity index (χ0v) is 9.77. The molecule has 0 aliphatic rings. The van der Waals surface area contributed by atoms with E-state index in [4.69, 9.17) is 5.73 Å². The molecule has 1 aromatic rings. The first-order chi connectivity index (χ1) is 6.59. The molecule has 0 saturated carbocycles. The highest BCUT2D eigenvalue weighted by atomic mass is 32.2. The summed E-state index contributed by atoms with van der Waals surface area (Å²) in [6.45, 7) is 6.20. The van der Waals surface area contributed by atoms with E-state index in [0.717, 1.165) is 0 Å². The third-order valence-corrected chi connectivity index (χ3v) is 2.89. The van der Waals surface area contributed by atoms with E-state index < -0.39 is 0 Å². The summed E-state index contributed by atoms with van der Waals surface area (Å²) in [5, 5.41) is 2.28. The van der Waals surface area contributed by atoms with E-state index >= 15 is 0 Å². The molecule has 0 bridgehead atoms. The van der Waals surface area contributed by atoms with Crippen molar-refractivity contribution in [3.63, 3.8) is 0 Å². The Balaban J connectivity index is 2.73. The molecule has 1 unspecified atom stereocenters. The van der Waals surface area contributed by atoms with E-state index in [9.17, 15) is 0 Å². The van der Waals surface area contributed by atoms with Crippen molar-refractivity contribution in [3.05, 3.63) is 40.8 Å². The molecule has 0 aromatic heterocycles. The minimum absolute atomic E-state index is 0.162. The lowest BCUT2D eigenvalue weighted by Crippen LogP contribution is -2.07. The van der Waals surface area contributed by atoms with Crippen LogP contribution >= 0.6 is 11.8 Å². The van der Waals surface area contributed by atoms with Gasteiger partial charge in [-0.1, -0.05) is 29.8 Å². The Kier molecular flexibility index (Phi) is 4.23. The number of hydrogen-bond acceptors (Lipinski definition) is 2. The molecular formula is C12H17NS. The van der Waals surface area contributed by atoms with Gasteiger partial charge in [0.05, 0.1) is 5.37 Å². The van der Waals surface area contributed by atoms with E-state index in [2.05, 4.69) is 43.5 Å². The molecule has 2 heteroatoms. The van der Waals surface area contributed by atoms with Gasteiger partial charge >= 0.3 is 0 Å². The third kappa shape index (κ3) is 3.56. The average Bonchev–Trinajstić information content (AvgIpc) is 2.15. The molecule has 1 nitrogen and oxygen atoms in total. The Labute approximate surface area is 90.4 Å². The van der Waals surface area contributed by atoms with Gasteiger partial charge in [0.2, 0.25) is 0 Å². The van der Waals surface area contributed by atoms with Gasteiger partial charge in [0, 0.05) is 0 Å². The summed E-state index contributed by atoms with van der Waals surface area (Å²) in [6, 6.07) is 8.54. The Morgan fingerprint density at radius 1 is 1.36 bits per heavy atom. The van der Waals surface area contributed by atoms with Gasteiger partial charge in [-0.15, -0.1) is 11.8 Å². The smallest absolute Gasteiger partial charge is 0.0519 e. The number of hydrogen-bond donors (Lipinski definition) is 1. The molecule has 76 valence electrons. The number of thioether (sulfide) groups is 1. The Morgan fingerprint density at radius 3 is 2.43 bits per heavy atom. The summed E-state index contributed by atoms with van der Waals surface area (Å²) in [5.74, 6) is 0. The lowest BCUT2D eigenvalue weighted by Gasteiger charge is -2.04. The molecule has 0 aliphatic carbocycles. The largest absolute Gasteiger partial charge is 0.319 e. The van der Waals surface area contributed by atoms with Crippen LogP contribution in [0, 0.1) is 6.92 Å². The molecule has 0 fully saturated rings. The van der Waals surface area contributed by atoms with Crippen LogP contribution in [-0.4, -0.2) is 5.37 Å². The molecule has 1 rings (SSSR count). The Morgan fingerprint density at radius 2 is 1.93 bits per heavy atom. The molecule has 0 saturated heterocycles. The van der Waals surface area contributed by atoms with E-state index in [1.807, 2.05) is 6.92 Å². The van der Waals surface area contributed by atoms with Crippen molar-refractivity contribution in [2.45, 2.75) is 26.1 Å². The summed E-state index contributed by atoms with van der Waals surface area (Å²) < 4.78 is 0. The summed E-state index contributed by atoms with van der Waals surface area (Å²) in [6.07, 6.45) is 0. The Bertz CT molecular complexity index is 312. The molecule has 0 radical (unpaired) electrons. The number of aryl methyl sites for hydroxylation is 1. The fourth-order valence-electron chi connectivity index (χ4n) is 1.09. The van der Waals surface area contributed by atoms with Crippen LogP contribution in [0.2, 0.25) is 0 Å². The van der Waals surface area contributed by atoms with Crippen LogP contribution in [0.5, 0.6) is 0 Å². The maximum Gasteiger partial charge on any atom is 0.0519 e. The van der Waals surface area contributed by atoms with E-state index in [-0.39, 0.29) is 5.37 Å². The molecule has 0 spiro atoms. The van der Waals surface area contributed by atoms with Crippen molar-refractivity contribution in [2.24, 2.45) is 5.73 Å². The predicted octanol–water partition coefficient (Wildman–Crippen LogP) is 3.39. The van der Waals surface area contributed by atoms with Crippen LogP contribution in [-0.2, 0) is 0 Å². The SMILES string of the molecule is C/C(=C\SC(C)N)c1ccc(C)cc1. The summed E-state index contributed by atoms with van der Waals surface area (Å²) >= 11 is 1.65. The van der Waals surface area contributed by atoms with Gasteiger partial charge < -0.3 is 5.73 Å². The number of nitrogens with two attached hydrogens (primary N) is 1. The summed E-state index contributed by atoms with van der Waals surface area (Å²) in [5.41, 5.74) is 9.49. The van der Waals surface area contributed by atoms with Gasteiger partial charge in [0.15, 0.2) is 0 Å². The van der Waals surface area contributed by atoms with Gasteiger partial charge in [-0.2, -0.15) is 0 Å². The van der Waals surface area contributed by atoms with Gasteiger partial charge in [-0.05, 0) is 37.3 Å². The molecular weight excluding hydrogens is 190 g/mol. The van der Waals surface area contributed by atoms with Crippen molar-refractivity contribution in [1.82, 2.24) is 0 Å². The Hall–Kier alpha value is -0.730. The molecule has 0 heterocycles. The summed E-state index contributed by atoms with van der Waals surface area (Å²) in [4.78, 5) is 0. The molecule has 1 atom stereocenters. The number of benzene rings is 1. The van der Waals surface area contributed by atoms with E-state index in [1.54, 1.807) is 11.8 Å². The second-order valence-electron chi connectivity index (χ2n) is 3.51. The molecule has 0 amide bonds. The monoisotopic (exact) mass is 207 g/mol. The number of allylic oxidation sites excluding steroid dienone is 1. The maximum absolute atomic E-state index is 5.66. The zero-order chi connectivity index (χ0) is 10.6. The van der Waals surface area contributed by atoms with Crippen molar-refractivity contribution >= 4 is 17.3 Å². The van der Waals surface area contributed by atoms with Crippen LogP contribution < -0.4 is 5.73 Å². The zero-order valence-electron chi connectivity index (χ0n) is 8.95. The van der Waals surface area contributed by atoms with Gasteiger partial charge in [-0.3, -0.25) is 0 Å². The van der Waals surface area contributed by atoms with Crippen LogP contribution in [0.1, 0.15) is 25.0 Å². The molecule has 0 aliphatic heterocycles. The van der Waals surface area contributed by atoms with Crippen molar-refractivity contribution in [3.8, 4) is 0 Å². The minimum atomic E-state index is 0.162. The normalized spacial score (nSPS) is 14.1. The minimum Gasteiger partial charge on any atom is -0.319 e. The van der Waals surface area contributed by atoms with E-state index in [1.165, 1.54) is 16.7 Å². The average molecular weight is 207 g/mol. The van der Waals surface area contributed by atoms with Crippen LogP contribution in [0.25, 0.3) is 5.57 Å². The van der Waals surface area contributed by atoms with Crippen LogP contribution in [0.4, 0.5) is 0 Å². The van der Waals surface area contributed by atoms with Crippen LogP contribution in [0.15, 0.2) is 29.7 Å². The quantitative estimate of drug-likeness (QED) is 0.769. The van der Waals surface area contributed by atoms with Gasteiger partial charge in [0.1, 0.15) is 0 Å². The fraction of sp³-hybridized carbons (Fsp3) is 0.333. The lowest BCUT2D eigenvalue weighted by atomic mass is 10.1. The highest BCUT2D eigenvalue weighted by Gasteiger charge is 1.96. The second-order valence-corrected chi connectivity index (χ2v) is 4.76. The van der Waals surface area contributed by atoms with Crippen LogP contribution in [0.3, 0.4) is 0 Å². The van der Waals surface area contributed by atoms with E-state index in [0.29, 0.717) is 0 Å². The lowest BCUT2D eigenvalue weighted by molar-refractivity contribution is 1.05. The number of rotatable bonds is 3. The first kappa shape index (κ1) is 11.3. The maximum atomic E-state index is 5.66. The second kappa shape index (κ2) is 5.23. The first-order valence-corrected chi connectivity index (χ1v) is 5.68. The third-order valence-electron chi connectivity index (χ3n) is 1.97. The highest BCUT2D eigenvalue weighted by molar-refractivity contribution is 8.02. The fourth-order valence-corrected chi connectivity index (χ4v) is 1.65.